The molecule has 0 radical (unpaired) electrons. The van der Waals surface area contributed by atoms with Crippen LogP contribution in [0.2, 0.25) is 0 Å². The van der Waals surface area contributed by atoms with E-state index in [1.165, 1.54) is 6.07 Å². The Balaban J connectivity index is 1.98. The first kappa shape index (κ1) is 21.6. The molecule has 9 heteroatoms. The maximum Gasteiger partial charge on any atom is 0.405 e. The zero-order chi connectivity index (χ0) is 22.1. The highest BCUT2D eigenvalue weighted by molar-refractivity contribution is 6.13. The van der Waals surface area contributed by atoms with Crippen molar-refractivity contribution in [1.82, 2.24) is 14.8 Å². The number of carbonyl (C=O) groups is 1. The third-order valence-corrected chi connectivity index (χ3v) is 4.57. The number of amides is 1. The Hall–Kier alpha value is -3.10. The molecule has 2 N–H and O–H groups in total. The highest BCUT2D eigenvalue weighted by atomic mass is 19.4. The SMILES string of the molecule is CC(C)c1cc(C(=O)Nc2ccccc2NCC(F)(F)F)c2cnn(C(C)C)c2n1. The van der Waals surface area contributed by atoms with Gasteiger partial charge in [0.1, 0.15) is 6.54 Å². The van der Waals surface area contributed by atoms with Gasteiger partial charge in [0, 0.05) is 11.7 Å². The van der Waals surface area contributed by atoms with E-state index in [4.69, 9.17) is 0 Å². The Morgan fingerprint density at radius 2 is 1.80 bits per heavy atom. The number of carbonyl (C=O) groups excluding carboxylic acids is 1. The highest BCUT2D eigenvalue weighted by Crippen LogP contribution is 2.27. The third-order valence-electron chi connectivity index (χ3n) is 4.57. The largest absolute Gasteiger partial charge is 0.405 e. The molecule has 2 aromatic heterocycles. The normalized spacial score (nSPS) is 12.0. The number of rotatable bonds is 6. The van der Waals surface area contributed by atoms with Crippen LogP contribution < -0.4 is 10.6 Å². The van der Waals surface area contributed by atoms with Gasteiger partial charge in [0.2, 0.25) is 0 Å². The molecule has 0 spiro atoms. The van der Waals surface area contributed by atoms with E-state index in [1.54, 1.807) is 35.1 Å². The monoisotopic (exact) mass is 419 g/mol. The van der Waals surface area contributed by atoms with E-state index in [9.17, 15) is 18.0 Å². The molecule has 0 aliphatic carbocycles. The summed E-state index contributed by atoms with van der Waals surface area (Å²) in [6.07, 6.45) is -2.78. The maximum atomic E-state index is 13.1. The number of fused-ring (bicyclic) bond motifs is 1. The molecule has 3 aromatic rings. The molecule has 1 amide bonds. The van der Waals surface area contributed by atoms with E-state index in [-0.39, 0.29) is 23.3 Å². The predicted molar refractivity (Wildman–Crippen MR) is 111 cm³/mol. The number of para-hydroxylation sites is 2. The minimum absolute atomic E-state index is 0.0561. The van der Waals surface area contributed by atoms with Crippen molar-refractivity contribution in [2.45, 2.75) is 45.8 Å². The van der Waals surface area contributed by atoms with Crippen LogP contribution in [0.25, 0.3) is 11.0 Å². The van der Waals surface area contributed by atoms with Crippen LogP contribution in [0.3, 0.4) is 0 Å². The molecule has 0 saturated carbocycles. The maximum absolute atomic E-state index is 13.1. The summed E-state index contributed by atoms with van der Waals surface area (Å²) in [7, 11) is 0. The fraction of sp³-hybridized carbons (Fsp3) is 0.381. The molecule has 6 nitrogen and oxygen atoms in total. The van der Waals surface area contributed by atoms with Crippen LogP contribution in [0.1, 0.15) is 55.7 Å². The zero-order valence-electron chi connectivity index (χ0n) is 17.2. The Kier molecular flexibility index (Phi) is 6.00. The van der Waals surface area contributed by atoms with Crippen molar-refractivity contribution in [2.75, 3.05) is 17.2 Å². The fourth-order valence-electron chi connectivity index (χ4n) is 3.03. The van der Waals surface area contributed by atoms with Gasteiger partial charge in [0.05, 0.1) is 28.5 Å². The summed E-state index contributed by atoms with van der Waals surface area (Å²) < 4.78 is 39.5. The first-order chi connectivity index (χ1) is 14.1. The molecule has 0 saturated heterocycles. The van der Waals surface area contributed by atoms with Crippen molar-refractivity contribution in [3.05, 3.63) is 47.8 Å². The van der Waals surface area contributed by atoms with Gasteiger partial charge in [-0.1, -0.05) is 26.0 Å². The van der Waals surface area contributed by atoms with Gasteiger partial charge >= 0.3 is 6.18 Å². The third kappa shape index (κ3) is 4.72. The van der Waals surface area contributed by atoms with Crippen molar-refractivity contribution in [3.8, 4) is 0 Å². The molecule has 0 atom stereocenters. The summed E-state index contributed by atoms with van der Waals surface area (Å²) in [4.78, 5) is 17.8. The lowest BCUT2D eigenvalue weighted by Gasteiger charge is -2.15. The van der Waals surface area contributed by atoms with Gasteiger partial charge in [-0.25, -0.2) is 9.67 Å². The molecule has 0 aliphatic heterocycles. The minimum Gasteiger partial charge on any atom is -0.375 e. The first-order valence-electron chi connectivity index (χ1n) is 9.66. The van der Waals surface area contributed by atoms with Crippen LogP contribution in [0.5, 0.6) is 0 Å². The molecule has 3 rings (SSSR count). The number of benzene rings is 1. The lowest BCUT2D eigenvalue weighted by Crippen LogP contribution is -2.22. The van der Waals surface area contributed by atoms with Crippen LogP contribution in [-0.4, -0.2) is 33.4 Å². The van der Waals surface area contributed by atoms with Crippen LogP contribution >= 0.6 is 0 Å². The molecule has 0 unspecified atom stereocenters. The summed E-state index contributed by atoms with van der Waals surface area (Å²) in [6.45, 7) is 6.69. The van der Waals surface area contributed by atoms with Gasteiger partial charge in [0.25, 0.3) is 5.91 Å². The summed E-state index contributed by atoms with van der Waals surface area (Å²) in [6, 6.07) is 8.05. The molecular formula is C21H24F3N5O. The molecule has 2 heterocycles. The number of hydrogen-bond donors (Lipinski definition) is 2. The number of pyridine rings is 1. The van der Waals surface area contributed by atoms with Gasteiger partial charge in [-0.05, 0) is 38.0 Å². The average Bonchev–Trinajstić information content (AvgIpc) is 3.10. The molecule has 0 bridgehead atoms. The summed E-state index contributed by atoms with van der Waals surface area (Å²) in [5.74, 6) is -0.355. The van der Waals surface area contributed by atoms with Crippen LogP contribution in [0, 0.1) is 0 Å². The van der Waals surface area contributed by atoms with Crippen molar-refractivity contribution >= 4 is 28.3 Å². The van der Waals surface area contributed by atoms with E-state index in [1.807, 2.05) is 27.7 Å². The molecule has 30 heavy (non-hydrogen) atoms. The number of hydrogen-bond acceptors (Lipinski definition) is 4. The van der Waals surface area contributed by atoms with Gasteiger partial charge in [-0.15, -0.1) is 0 Å². The van der Waals surface area contributed by atoms with Crippen LogP contribution in [0.15, 0.2) is 36.5 Å². The zero-order valence-corrected chi connectivity index (χ0v) is 17.2. The molecule has 160 valence electrons. The Labute approximate surface area is 172 Å². The van der Waals surface area contributed by atoms with E-state index < -0.39 is 18.6 Å². The predicted octanol–water partition coefficient (Wildman–Crippen LogP) is 5.36. The van der Waals surface area contributed by atoms with Crippen LogP contribution in [-0.2, 0) is 0 Å². The van der Waals surface area contributed by atoms with Gasteiger partial charge in [-0.3, -0.25) is 4.79 Å². The Morgan fingerprint density at radius 3 is 2.40 bits per heavy atom. The van der Waals surface area contributed by atoms with Crippen molar-refractivity contribution < 1.29 is 18.0 Å². The average molecular weight is 419 g/mol. The van der Waals surface area contributed by atoms with E-state index in [2.05, 4.69) is 20.7 Å². The van der Waals surface area contributed by atoms with Crippen molar-refractivity contribution in [3.63, 3.8) is 0 Å². The molecular weight excluding hydrogens is 395 g/mol. The minimum atomic E-state index is -4.37. The second kappa shape index (κ2) is 8.33. The van der Waals surface area contributed by atoms with Crippen molar-refractivity contribution in [1.29, 1.82) is 0 Å². The Bertz CT molecular complexity index is 1060. The lowest BCUT2D eigenvalue weighted by molar-refractivity contribution is -0.115. The summed E-state index contributed by atoms with van der Waals surface area (Å²) >= 11 is 0. The fourth-order valence-corrected chi connectivity index (χ4v) is 3.03. The number of alkyl halides is 3. The highest BCUT2D eigenvalue weighted by Gasteiger charge is 2.27. The van der Waals surface area contributed by atoms with Gasteiger partial charge in [0.15, 0.2) is 5.65 Å². The second-order valence-corrected chi connectivity index (χ2v) is 7.64. The van der Waals surface area contributed by atoms with Crippen LogP contribution in [0.4, 0.5) is 24.5 Å². The number of nitrogens with zero attached hydrogens (tertiary/aromatic N) is 3. The lowest BCUT2D eigenvalue weighted by atomic mass is 10.0. The Morgan fingerprint density at radius 1 is 1.13 bits per heavy atom. The quantitative estimate of drug-likeness (QED) is 0.564. The smallest absolute Gasteiger partial charge is 0.375 e. The summed E-state index contributed by atoms with van der Waals surface area (Å²) in [5.41, 5.74) is 2.17. The molecule has 0 fully saturated rings. The number of halogens is 3. The van der Waals surface area contributed by atoms with Gasteiger partial charge < -0.3 is 10.6 Å². The molecule has 1 aromatic carbocycles. The van der Waals surface area contributed by atoms with Crippen molar-refractivity contribution in [2.24, 2.45) is 0 Å². The van der Waals surface area contributed by atoms with E-state index in [0.29, 0.717) is 16.6 Å². The summed E-state index contributed by atoms with van der Waals surface area (Å²) in [5, 5.41) is 10.00. The number of aromatic nitrogens is 3. The number of nitrogens with one attached hydrogen (secondary N) is 2. The van der Waals surface area contributed by atoms with E-state index >= 15 is 0 Å². The topological polar surface area (TPSA) is 71.8 Å². The molecule has 0 aliphatic rings. The standard InChI is InChI=1S/C21H24F3N5O/c1-12(2)18-9-14(15-10-26-29(13(3)4)19(15)27-18)20(30)28-17-8-6-5-7-16(17)25-11-21(22,23)24/h5-10,12-13,25H,11H2,1-4H3,(H,28,30). The van der Waals surface area contributed by atoms with E-state index in [0.717, 1.165) is 5.69 Å². The first-order valence-corrected chi connectivity index (χ1v) is 9.66. The number of anilines is 2. The second-order valence-electron chi connectivity index (χ2n) is 7.64. The van der Waals surface area contributed by atoms with Gasteiger partial charge in [-0.2, -0.15) is 18.3 Å².